The molecule has 0 bridgehead atoms. The third-order valence-corrected chi connectivity index (χ3v) is 5.46. The molecule has 2 heterocycles. The van der Waals surface area contributed by atoms with Crippen LogP contribution in [-0.2, 0) is 16.0 Å². The summed E-state index contributed by atoms with van der Waals surface area (Å²) in [5, 5.41) is 14.5. The zero-order chi connectivity index (χ0) is 20.5. The molecule has 2 aliphatic heterocycles. The standard InChI is InChI=1S/C21H32N4O4.HI/c1-2-22-21(23-15-17-7-3-4-9-20(17)25(26)27)24-12-10-18(11-13-24)29-16-19-8-5-6-14-28-19;/h3-4,7,9,18-19H,2,5-6,8,10-16H2,1H3,(H,22,23);1H. The number of piperidine rings is 1. The molecule has 1 unspecified atom stereocenters. The Hall–Kier alpha value is -1.46. The number of ether oxygens (including phenoxy) is 2. The van der Waals surface area contributed by atoms with Gasteiger partial charge in [0.05, 0.1) is 35.8 Å². The number of para-hydroxylation sites is 1. The normalized spacial score (nSPS) is 20.5. The summed E-state index contributed by atoms with van der Waals surface area (Å²) in [6.07, 6.45) is 5.90. The van der Waals surface area contributed by atoms with E-state index < -0.39 is 0 Å². The Morgan fingerprint density at radius 1 is 1.30 bits per heavy atom. The van der Waals surface area contributed by atoms with Crippen LogP contribution >= 0.6 is 24.0 Å². The molecule has 1 atom stereocenters. The third kappa shape index (κ3) is 7.35. The fourth-order valence-corrected chi connectivity index (χ4v) is 3.83. The molecular formula is C21H33IN4O4. The first-order valence-corrected chi connectivity index (χ1v) is 10.7. The molecule has 0 amide bonds. The Balaban J connectivity index is 0.00000320. The molecule has 2 fully saturated rings. The van der Waals surface area contributed by atoms with Crippen LogP contribution in [0.15, 0.2) is 29.3 Å². The Morgan fingerprint density at radius 2 is 2.07 bits per heavy atom. The Morgan fingerprint density at radius 3 is 2.73 bits per heavy atom. The minimum atomic E-state index is -0.351. The SMILES string of the molecule is CCNC(=NCc1ccccc1[N+](=O)[O-])N1CCC(OCC2CCCCO2)CC1.I. The lowest BCUT2D eigenvalue weighted by Crippen LogP contribution is -2.47. The molecule has 30 heavy (non-hydrogen) atoms. The van der Waals surface area contributed by atoms with Crippen LogP contribution in [0.4, 0.5) is 5.69 Å². The number of hydrogen-bond acceptors (Lipinski definition) is 5. The van der Waals surface area contributed by atoms with E-state index >= 15 is 0 Å². The predicted molar refractivity (Wildman–Crippen MR) is 127 cm³/mol. The van der Waals surface area contributed by atoms with Gasteiger partial charge in [-0.2, -0.15) is 0 Å². The number of nitrogens with zero attached hydrogens (tertiary/aromatic N) is 3. The zero-order valence-corrected chi connectivity index (χ0v) is 20.0. The van der Waals surface area contributed by atoms with Crippen molar-refractivity contribution in [2.45, 2.75) is 57.8 Å². The van der Waals surface area contributed by atoms with Crippen molar-refractivity contribution in [1.82, 2.24) is 10.2 Å². The molecule has 0 radical (unpaired) electrons. The molecule has 0 aliphatic carbocycles. The third-order valence-electron chi connectivity index (χ3n) is 5.46. The summed E-state index contributed by atoms with van der Waals surface area (Å²) in [5.74, 6) is 0.805. The molecule has 2 aliphatic rings. The molecule has 0 spiro atoms. The summed E-state index contributed by atoms with van der Waals surface area (Å²) in [5.41, 5.74) is 0.739. The first-order valence-electron chi connectivity index (χ1n) is 10.7. The van der Waals surface area contributed by atoms with Gasteiger partial charge in [0.15, 0.2) is 5.96 Å². The van der Waals surface area contributed by atoms with Crippen molar-refractivity contribution in [1.29, 1.82) is 0 Å². The average molecular weight is 532 g/mol. The van der Waals surface area contributed by atoms with Gasteiger partial charge < -0.3 is 19.7 Å². The van der Waals surface area contributed by atoms with Gasteiger partial charge in [0.1, 0.15) is 0 Å². The van der Waals surface area contributed by atoms with E-state index in [1.807, 2.05) is 13.0 Å². The molecular weight excluding hydrogens is 499 g/mol. The van der Waals surface area contributed by atoms with Crippen molar-refractivity contribution in [3.8, 4) is 0 Å². The zero-order valence-electron chi connectivity index (χ0n) is 17.6. The van der Waals surface area contributed by atoms with E-state index in [0.29, 0.717) is 12.2 Å². The van der Waals surface area contributed by atoms with Gasteiger partial charge in [0.25, 0.3) is 5.69 Å². The van der Waals surface area contributed by atoms with Gasteiger partial charge in [-0.05, 0) is 39.0 Å². The lowest BCUT2D eigenvalue weighted by Gasteiger charge is -2.35. The van der Waals surface area contributed by atoms with Crippen molar-refractivity contribution in [2.24, 2.45) is 4.99 Å². The first kappa shape index (κ1) is 24.8. The maximum absolute atomic E-state index is 11.2. The van der Waals surface area contributed by atoms with E-state index in [4.69, 9.17) is 9.47 Å². The Labute approximate surface area is 195 Å². The second-order valence-corrected chi connectivity index (χ2v) is 7.56. The number of benzene rings is 1. The summed E-state index contributed by atoms with van der Waals surface area (Å²) in [6, 6.07) is 6.78. The minimum absolute atomic E-state index is 0. The molecule has 0 saturated carbocycles. The van der Waals surface area contributed by atoms with Crippen molar-refractivity contribution < 1.29 is 14.4 Å². The number of nitro groups is 1. The molecule has 9 heteroatoms. The van der Waals surface area contributed by atoms with Gasteiger partial charge in [-0.1, -0.05) is 18.2 Å². The van der Waals surface area contributed by atoms with Crippen molar-refractivity contribution in [3.63, 3.8) is 0 Å². The van der Waals surface area contributed by atoms with E-state index in [1.54, 1.807) is 12.1 Å². The summed E-state index contributed by atoms with van der Waals surface area (Å²) in [6.45, 7) is 6.34. The van der Waals surface area contributed by atoms with Gasteiger partial charge in [0, 0.05) is 32.3 Å². The van der Waals surface area contributed by atoms with Gasteiger partial charge in [-0.25, -0.2) is 4.99 Å². The number of guanidine groups is 1. The number of nitro benzene ring substituents is 1. The maximum Gasteiger partial charge on any atom is 0.274 e. The number of halogens is 1. The number of likely N-dealkylation sites (tertiary alicyclic amines) is 1. The van der Waals surface area contributed by atoms with Gasteiger partial charge in [-0.3, -0.25) is 10.1 Å². The number of hydrogen-bond donors (Lipinski definition) is 1. The van der Waals surface area contributed by atoms with Gasteiger partial charge >= 0.3 is 0 Å². The second kappa shape index (κ2) is 13.1. The quantitative estimate of drug-likeness (QED) is 0.189. The summed E-state index contributed by atoms with van der Waals surface area (Å²) < 4.78 is 11.8. The van der Waals surface area contributed by atoms with Crippen molar-refractivity contribution >= 4 is 35.6 Å². The maximum atomic E-state index is 11.2. The van der Waals surface area contributed by atoms with Crippen LogP contribution < -0.4 is 5.32 Å². The highest BCUT2D eigenvalue weighted by Gasteiger charge is 2.24. The monoisotopic (exact) mass is 532 g/mol. The lowest BCUT2D eigenvalue weighted by atomic mass is 10.1. The second-order valence-electron chi connectivity index (χ2n) is 7.56. The van der Waals surface area contributed by atoms with Crippen LogP contribution in [0, 0.1) is 10.1 Å². The fraction of sp³-hybridized carbons (Fsp3) is 0.667. The average Bonchev–Trinajstić information content (AvgIpc) is 2.76. The molecule has 168 valence electrons. The molecule has 0 aromatic heterocycles. The summed E-state index contributed by atoms with van der Waals surface area (Å²) in [4.78, 5) is 17.7. The van der Waals surface area contributed by atoms with Crippen LogP contribution in [0.5, 0.6) is 0 Å². The number of aliphatic imine (C=N–C) groups is 1. The van der Waals surface area contributed by atoms with Crippen molar-refractivity contribution in [3.05, 3.63) is 39.9 Å². The van der Waals surface area contributed by atoms with E-state index in [1.165, 1.54) is 12.5 Å². The topological polar surface area (TPSA) is 89.2 Å². The molecule has 1 aromatic rings. The van der Waals surface area contributed by atoms with Gasteiger partial charge in [-0.15, -0.1) is 24.0 Å². The highest BCUT2D eigenvalue weighted by Crippen LogP contribution is 2.20. The number of rotatable bonds is 7. The van der Waals surface area contributed by atoms with E-state index in [2.05, 4.69) is 15.2 Å². The largest absolute Gasteiger partial charge is 0.376 e. The molecule has 8 nitrogen and oxygen atoms in total. The summed E-state index contributed by atoms with van der Waals surface area (Å²) in [7, 11) is 0. The predicted octanol–water partition coefficient (Wildman–Crippen LogP) is 3.73. The van der Waals surface area contributed by atoms with Crippen LogP contribution in [0.25, 0.3) is 0 Å². The van der Waals surface area contributed by atoms with E-state index in [0.717, 1.165) is 57.9 Å². The molecule has 1 N–H and O–H groups in total. The van der Waals surface area contributed by atoms with Gasteiger partial charge in [0.2, 0.25) is 0 Å². The first-order chi connectivity index (χ1) is 14.2. The van der Waals surface area contributed by atoms with Crippen LogP contribution in [-0.4, -0.2) is 60.8 Å². The molecule has 2 saturated heterocycles. The summed E-state index contributed by atoms with van der Waals surface area (Å²) >= 11 is 0. The Bertz CT molecular complexity index is 689. The molecule has 3 rings (SSSR count). The molecule has 1 aromatic carbocycles. The van der Waals surface area contributed by atoms with Crippen LogP contribution in [0.3, 0.4) is 0 Å². The minimum Gasteiger partial charge on any atom is -0.376 e. The van der Waals surface area contributed by atoms with E-state index in [9.17, 15) is 10.1 Å². The number of nitrogens with one attached hydrogen (secondary N) is 1. The van der Waals surface area contributed by atoms with Crippen LogP contribution in [0.1, 0.15) is 44.6 Å². The highest BCUT2D eigenvalue weighted by atomic mass is 127. The van der Waals surface area contributed by atoms with Crippen molar-refractivity contribution in [2.75, 3.05) is 32.8 Å². The fourth-order valence-electron chi connectivity index (χ4n) is 3.83. The highest BCUT2D eigenvalue weighted by molar-refractivity contribution is 14.0. The Kier molecular flexibility index (Phi) is 10.8. The van der Waals surface area contributed by atoms with Crippen LogP contribution in [0.2, 0.25) is 0 Å². The lowest BCUT2D eigenvalue weighted by molar-refractivity contribution is -0.385. The van der Waals surface area contributed by atoms with E-state index in [-0.39, 0.29) is 53.3 Å². The smallest absolute Gasteiger partial charge is 0.274 e.